The summed E-state index contributed by atoms with van der Waals surface area (Å²) in [6.07, 6.45) is 6.27. The van der Waals surface area contributed by atoms with Gasteiger partial charge in [-0.3, -0.25) is 0 Å². The fraction of sp³-hybridized carbons (Fsp3) is 0.500. The Morgan fingerprint density at radius 2 is 1.90 bits per heavy atom. The molecule has 156 valence electrons. The Morgan fingerprint density at radius 3 is 2.66 bits per heavy atom. The van der Waals surface area contributed by atoms with E-state index >= 15 is 0 Å². The summed E-state index contributed by atoms with van der Waals surface area (Å²) in [7, 11) is -3.67. The van der Waals surface area contributed by atoms with E-state index in [9.17, 15) is 8.42 Å². The van der Waals surface area contributed by atoms with Gasteiger partial charge in [-0.25, -0.2) is 18.4 Å². The topological polar surface area (TPSA) is 90.9 Å². The number of hydrogen-bond acceptors (Lipinski definition) is 7. The van der Waals surface area contributed by atoms with Crippen molar-refractivity contribution in [1.29, 1.82) is 0 Å². The molecule has 4 rings (SSSR count). The highest BCUT2D eigenvalue weighted by Crippen LogP contribution is 2.33. The van der Waals surface area contributed by atoms with Gasteiger partial charge in [0, 0.05) is 31.4 Å². The van der Waals surface area contributed by atoms with Crippen LogP contribution in [0.2, 0.25) is 0 Å². The van der Waals surface area contributed by atoms with Crippen LogP contribution in [0.5, 0.6) is 17.5 Å². The summed E-state index contributed by atoms with van der Waals surface area (Å²) in [6, 6.07) is 5.06. The Hall–Kier alpha value is -2.39. The first-order chi connectivity index (χ1) is 14.1. The molecule has 1 aromatic heterocycles. The Labute approximate surface area is 170 Å². The summed E-state index contributed by atoms with van der Waals surface area (Å²) in [6.45, 7) is 3.81. The van der Waals surface area contributed by atoms with Gasteiger partial charge in [-0.2, -0.15) is 4.31 Å². The van der Waals surface area contributed by atoms with Gasteiger partial charge in [0.25, 0.3) is 0 Å². The molecule has 9 heteroatoms. The number of aromatic nitrogens is 2. The average Bonchev–Trinajstić information content (AvgIpc) is 2.99. The van der Waals surface area contributed by atoms with Crippen LogP contribution >= 0.6 is 0 Å². The fourth-order valence-corrected chi connectivity index (χ4v) is 4.93. The molecule has 2 aromatic rings. The van der Waals surface area contributed by atoms with Gasteiger partial charge in [0.1, 0.15) is 6.10 Å². The highest BCUT2D eigenvalue weighted by molar-refractivity contribution is 7.89. The molecule has 0 N–H and O–H groups in total. The molecule has 0 amide bonds. The predicted octanol–water partition coefficient (Wildman–Crippen LogP) is 2.43. The summed E-state index contributed by atoms with van der Waals surface area (Å²) in [4.78, 5) is 8.63. The molecule has 1 atom stereocenters. The molecule has 0 spiro atoms. The first-order valence-corrected chi connectivity index (χ1v) is 11.4. The number of benzene rings is 1. The van der Waals surface area contributed by atoms with E-state index in [-0.39, 0.29) is 23.6 Å². The quantitative estimate of drug-likeness (QED) is 0.735. The Bertz CT molecular complexity index is 949. The Morgan fingerprint density at radius 1 is 1.14 bits per heavy atom. The van der Waals surface area contributed by atoms with Crippen molar-refractivity contribution in [3.63, 3.8) is 0 Å². The monoisotopic (exact) mass is 419 g/mol. The lowest BCUT2D eigenvalue weighted by Crippen LogP contribution is -2.44. The van der Waals surface area contributed by atoms with Crippen LogP contribution < -0.4 is 14.2 Å². The van der Waals surface area contributed by atoms with E-state index in [1.165, 1.54) is 4.31 Å². The molecule has 0 radical (unpaired) electrons. The number of piperidine rings is 1. The normalized spacial score (nSPS) is 20.1. The first kappa shape index (κ1) is 19.9. The first-order valence-electron chi connectivity index (χ1n) is 9.93. The second kappa shape index (κ2) is 8.54. The van der Waals surface area contributed by atoms with E-state index in [4.69, 9.17) is 14.2 Å². The van der Waals surface area contributed by atoms with E-state index in [2.05, 4.69) is 9.97 Å². The van der Waals surface area contributed by atoms with Gasteiger partial charge in [0.15, 0.2) is 11.5 Å². The third kappa shape index (κ3) is 4.45. The molecule has 0 bridgehead atoms. The summed E-state index contributed by atoms with van der Waals surface area (Å²) in [5, 5.41) is 0. The van der Waals surface area contributed by atoms with Crippen molar-refractivity contribution in [2.75, 3.05) is 26.3 Å². The smallest absolute Gasteiger partial charge is 0.316 e. The zero-order valence-electron chi connectivity index (χ0n) is 16.4. The Balaban J connectivity index is 1.48. The molecule has 0 saturated carbocycles. The summed E-state index contributed by atoms with van der Waals surface area (Å²) in [5.74, 6) is 1.05. The van der Waals surface area contributed by atoms with Crippen LogP contribution in [0.3, 0.4) is 0 Å². The number of ether oxygens (including phenoxy) is 3. The van der Waals surface area contributed by atoms with Crippen molar-refractivity contribution in [3.05, 3.63) is 36.2 Å². The van der Waals surface area contributed by atoms with Crippen molar-refractivity contribution < 1.29 is 22.6 Å². The number of sulfonamides is 1. The number of rotatable bonds is 5. The zero-order chi connectivity index (χ0) is 20.3. The molecule has 1 saturated heterocycles. The molecule has 3 heterocycles. The van der Waals surface area contributed by atoms with Crippen LogP contribution in [0.15, 0.2) is 35.5 Å². The van der Waals surface area contributed by atoms with Crippen LogP contribution in [0.4, 0.5) is 0 Å². The van der Waals surface area contributed by atoms with Gasteiger partial charge >= 0.3 is 6.01 Å². The number of hydrogen-bond donors (Lipinski definition) is 0. The maximum absolute atomic E-state index is 13.2. The van der Waals surface area contributed by atoms with Gasteiger partial charge in [-0.1, -0.05) is 6.92 Å². The molecule has 2 aliphatic heterocycles. The van der Waals surface area contributed by atoms with Crippen LogP contribution in [-0.4, -0.2) is 55.1 Å². The third-order valence-corrected chi connectivity index (χ3v) is 6.92. The minimum absolute atomic E-state index is 0.200. The number of fused-ring (bicyclic) bond motifs is 1. The SMILES string of the molecule is CCc1cnc(OC2CCCN(S(=O)(=O)c3ccc4c(c3)OCCCO4)C2)nc1. The van der Waals surface area contributed by atoms with Crippen molar-refractivity contribution >= 4 is 10.0 Å². The Kier molecular flexibility index (Phi) is 5.86. The number of nitrogens with zero attached hydrogens (tertiary/aromatic N) is 3. The second-order valence-corrected chi connectivity index (χ2v) is 9.07. The lowest BCUT2D eigenvalue weighted by atomic mass is 10.1. The number of aryl methyl sites for hydroxylation is 1. The molecule has 29 heavy (non-hydrogen) atoms. The van der Waals surface area contributed by atoms with Crippen molar-refractivity contribution in [2.24, 2.45) is 0 Å². The minimum atomic E-state index is -3.67. The highest BCUT2D eigenvalue weighted by Gasteiger charge is 2.32. The molecular weight excluding hydrogens is 394 g/mol. The molecular formula is C20H25N3O5S. The maximum Gasteiger partial charge on any atom is 0.316 e. The van der Waals surface area contributed by atoms with Crippen LogP contribution in [0.25, 0.3) is 0 Å². The third-order valence-electron chi connectivity index (χ3n) is 5.06. The fourth-order valence-electron chi connectivity index (χ4n) is 3.41. The van der Waals surface area contributed by atoms with Crippen molar-refractivity contribution in [1.82, 2.24) is 14.3 Å². The van der Waals surface area contributed by atoms with Crippen molar-refractivity contribution in [3.8, 4) is 17.5 Å². The molecule has 1 unspecified atom stereocenters. The molecule has 0 aliphatic carbocycles. The zero-order valence-corrected chi connectivity index (χ0v) is 17.2. The van der Waals surface area contributed by atoms with Gasteiger partial charge in [0.05, 0.1) is 24.7 Å². The molecule has 2 aliphatic rings. The molecule has 1 aromatic carbocycles. The maximum atomic E-state index is 13.2. The lowest BCUT2D eigenvalue weighted by molar-refractivity contribution is 0.119. The van der Waals surface area contributed by atoms with E-state index in [1.807, 2.05) is 6.92 Å². The minimum Gasteiger partial charge on any atom is -0.490 e. The van der Waals surface area contributed by atoms with E-state index in [0.717, 1.165) is 24.8 Å². The molecule has 1 fully saturated rings. The standard InChI is InChI=1S/C20H25N3O5S/c1-2-15-12-21-20(22-13-15)28-16-5-3-8-23(14-16)29(24,25)17-6-7-18-19(11-17)27-10-4-9-26-18/h6-7,11-13,16H,2-5,8-10,14H2,1H3. The summed E-state index contributed by atoms with van der Waals surface area (Å²) in [5.41, 5.74) is 1.03. The predicted molar refractivity (Wildman–Crippen MR) is 106 cm³/mol. The van der Waals surface area contributed by atoms with Gasteiger partial charge in [0.2, 0.25) is 10.0 Å². The van der Waals surface area contributed by atoms with Crippen LogP contribution in [-0.2, 0) is 16.4 Å². The van der Waals surface area contributed by atoms with E-state index < -0.39 is 10.0 Å². The summed E-state index contributed by atoms with van der Waals surface area (Å²) < 4.78 is 44.9. The largest absolute Gasteiger partial charge is 0.490 e. The van der Waals surface area contributed by atoms with Gasteiger partial charge < -0.3 is 14.2 Å². The highest BCUT2D eigenvalue weighted by atomic mass is 32.2. The van der Waals surface area contributed by atoms with Gasteiger partial charge in [-0.05, 0) is 37.0 Å². The second-order valence-electron chi connectivity index (χ2n) is 7.13. The van der Waals surface area contributed by atoms with Crippen LogP contribution in [0.1, 0.15) is 31.7 Å². The molecule has 8 nitrogen and oxygen atoms in total. The lowest BCUT2D eigenvalue weighted by Gasteiger charge is -2.31. The van der Waals surface area contributed by atoms with Crippen LogP contribution in [0, 0.1) is 0 Å². The van der Waals surface area contributed by atoms with E-state index in [1.54, 1.807) is 30.6 Å². The van der Waals surface area contributed by atoms with Crippen molar-refractivity contribution in [2.45, 2.75) is 43.6 Å². The average molecular weight is 420 g/mol. The summed E-state index contributed by atoms with van der Waals surface area (Å²) >= 11 is 0. The van der Waals surface area contributed by atoms with E-state index in [0.29, 0.717) is 37.7 Å². The van der Waals surface area contributed by atoms with Gasteiger partial charge in [-0.15, -0.1) is 0 Å².